The van der Waals surface area contributed by atoms with Crippen molar-refractivity contribution in [3.05, 3.63) is 98.0 Å². The molecule has 1 aliphatic rings. The zero-order valence-corrected chi connectivity index (χ0v) is 19.2. The Morgan fingerprint density at radius 1 is 0.871 bits per heavy atom. The third-order valence-electron chi connectivity index (χ3n) is 4.53. The predicted molar refractivity (Wildman–Crippen MR) is 128 cm³/mol. The molecule has 0 aromatic heterocycles. The lowest BCUT2D eigenvalue weighted by atomic mass is 10.2. The summed E-state index contributed by atoms with van der Waals surface area (Å²) in [7, 11) is 0. The summed E-state index contributed by atoms with van der Waals surface area (Å²) in [5, 5.41) is 4.10. The molecule has 0 unspecified atom stereocenters. The molecule has 0 fully saturated rings. The fourth-order valence-electron chi connectivity index (χ4n) is 3.09. The van der Waals surface area contributed by atoms with Crippen molar-refractivity contribution in [2.24, 2.45) is 0 Å². The molecule has 1 N–H and O–H groups in total. The van der Waals surface area contributed by atoms with Crippen molar-refractivity contribution in [1.29, 1.82) is 0 Å². The molecular weight excluding hydrogens is 475 g/mol. The normalized spacial score (nSPS) is 13.9. The fraction of sp³-hybridized carbons (Fsp3) is 0.0435. The van der Waals surface area contributed by atoms with Crippen LogP contribution in [-0.4, -0.2) is 11.8 Å². The highest BCUT2D eigenvalue weighted by Gasteiger charge is 2.41. The maximum atomic E-state index is 13.4. The number of hydrogen-bond acceptors (Lipinski definition) is 4. The summed E-state index contributed by atoms with van der Waals surface area (Å²) >= 11 is 19.6. The van der Waals surface area contributed by atoms with Gasteiger partial charge >= 0.3 is 0 Å². The zero-order valence-electron chi connectivity index (χ0n) is 16.2. The summed E-state index contributed by atoms with van der Waals surface area (Å²) in [6.07, 6.45) is 0. The molecular formula is C23H15Cl3N2O2S. The number of carbonyl (C=O) groups excluding carboxylic acids is 2. The maximum Gasteiger partial charge on any atom is 0.283 e. The van der Waals surface area contributed by atoms with Crippen LogP contribution in [0.1, 0.15) is 5.56 Å². The zero-order chi connectivity index (χ0) is 22.1. The maximum absolute atomic E-state index is 13.4. The van der Waals surface area contributed by atoms with E-state index in [1.165, 1.54) is 11.8 Å². The fourth-order valence-corrected chi connectivity index (χ4v) is 4.52. The number of hydrogen-bond donors (Lipinski definition) is 1. The highest BCUT2D eigenvalue weighted by atomic mass is 35.5. The smallest absolute Gasteiger partial charge is 0.283 e. The molecule has 0 aliphatic carbocycles. The van der Waals surface area contributed by atoms with Gasteiger partial charge in [0.15, 0.2) is 0 Å². The van der Waals surface area contributed by atoms with Crippen molar-refractivity contribution in [2.45, 2.75) is 11.8 Å². The Morgan fingerprint density at radius 3 is 2.29 bits per heavy atom. The largest absolute Gasteiger partial charge is 0.350 e. The first-order valence-corrected chi connectivity index (χ1v) is 11.1. The Balaban J connectivity index is 1.78. The minimum absolute atomic E-state index is 0.138. The van der Waals surface area contributed by atoms with Crippen LogP contribution < -0.4 is 10.2 Å². The molecule has 0 atom stereocenters. The first-order valence-electron chi connectivity index (χ1n) is 9.19. The van der Waals surface area contributed by atoms with Gasteiger partial charge in [-0.1, -0.05) is 64.8 Å². The molecule has 4 nitrogen and oxygen atoms in total. The number of nitrogens with one attached hydrogen (secondary N) is 1. The van der Waals surface area contributed by atoms with Gasteiger partial charge in [-0.2, -0.15) is 0 Å². The van der Waals surface area contributed by atoms with Crippen molar-refractivity contribution in [1.82, 2.24) is 0 Å². The van der Waals surface area contributed by atoms with Gasteiger partial charge in [-0.05, 0) is 61.0 Å². The van der Waals surface area contributed by atoms with Gasteiger partial charge in [0.2, 0.25) is 0 Å². The summed E-state index contributed by atoms with van der Waals surface area (Å²) < 4.78 is 0. The number of carbonyl (C=O) groups is 2. The van der Waals surface area contributed by atoms with Crippen LogP contribution in [0.25, 0.3) is 0 Å². The van der Waals surface area contributed by atoms with E-state index in [9.17, 15) is 9.59 Å². The minimum atomic E-state index is -0.507. The second kappa shape index (κ2) is 8.97. The van der Waals surface area contributed by atoms with Crippen molar-refractivity contribution < 1.29 is 9.59 Å². The lowest BCUT2D eigenvalue weighted by Crippen LogP contribution is -2.32. The molecule has 1 aliphatic heterocycles. The number of nitrogens with zero attached hydrogens (tertiary/aromatic N) is 1. The van der Waals surface area contributed by atoms with Crippen LogP contribution in [0, 0.1) is 6.92 Å². The number of halogens is 3. The van der Waals surface area contributed by atoms with E-state index < -0.39 is 11.8 Å². The van der Waals surface area contributed by atoms with E-state index in [2.05, 4.69) is 5.32 Å². The summed E-state index contributed by atoms with van der Waals surface area (Å²) in [5.74, 6) is -0.989. The van der Waals surface area contributed by atoms with E-state index in [0.29, 0.717) is 10.7 Å². The number of rotatable bonds is 5. The lowest BCUT2D eigenvalue weighted by Gasteiger charge is -2.17. The van der Waals surface area contributed by atoms with E-state index in [4.69, 9.17) is 34.8 Å². The van der Waals surface area contributed by atoms with E-state index in [1.54, 1.807) is 42.5 Å². The molecule has 4 rings (SSSR count). The van der Waals surface area contributed by atoms with E-state index in [1.807, 2.05) is 31.2 Å². The van der Waals surface area contributed by atoms with Gasteiger partial charge < -0.3 is 5.32 Å². The molecule has 31 heavy (non-hydrogen) atoms. The summed E-state index contributed by atoms with van der Waals surface area (Å²) in [5.41, 5.74) is 2.12. The Morgan fingerprint density at radius 2 is 1.58 bits per heavy atom. The number of imide groups is 1. The molecule has 0 saturated carbocycles. The third-order valence-corrected chi connectivity index (χ3v) is 6.69. The Bertz CT molecular complexity index is 1230. The molecule has 0 bridgehead atoms. The Labute approximate surface area is 198 Å². The molecule has 8 heteroatoms. The number of benzene rings is 3. The average Bonchev–Trinajstić information content (AvgIpc) is 2.96. The van der Waals surface area contributed by atoms with Crippen molar-refractivity contribution in [2.75, 3.05) is 10.2 Å². The molecule has 0 spiro atoms. The van der Waals surface area contributed by atoms with Crippen LogP contribution in [0.15, 0.2) is 82.2 Å². The number of thioether (sulfide) groups is 1. The van der Waals surface area contributed by atoms with Crippen molar-refractivity contribution in [3.63, 3.8) is 0 Å². The highest BCUT2D eigenvalue weighted by Crippen LogP contribution is 2.41. The van der Waals surface area contributed by atoms with Gasteiger partial charge in [0.1, 0.15) is 10.6 Å². The van der Waals surface area contributed by atoms with Crippen LogP contribution in [0.5, 0.6) is 0 Å². The van der Waals surface area contributed by atoms with Gasteiger partial charge in [0.05, 0.1) is 15.7 Å². The van der Waals surface area contributed by atoms with Crippen LogP contribution in [0.2, 0.25) is 15.1 Å². The first kappa shape index (κ1) is 21.8. The third kappa shape index (κ3) is 4.46. The standard InChI is InChI=1S/C23H15Cl3N2O2S/c1-13-4-2-5-15(12-13)27-20-21(31-16-10-8-14(24)9-11-16)23(30)28(22(20)29)18-7-3-6-17(25)19(18)26/h2-12,27H,1H3. The molecule has 1 heterocycles. The second-order valence-electron chi connectivity index (χ2n) is 6.77. The van der Waals surface area contributed by atoms with Gasteiger partial charge in [-0.15, -0.1) is 0 Å². The topological polar surface area (TPSA) is 49.4 Å². The van der Waals surface area contributed by atoms with Gasteiger partial charge in [0.25, 0.3) is 11.8 Å². The van der Waals surface area contributed by atoms with E-state index >= 15 is 0 Å². The van der Waals surface area contributed by atoms with Crippen LogP contribution >= 0.6 is 46.6 Å². The molecule has 3 aromatic rings. The Hall–Kier alpha value is -2.44. The summed E-state index contributed by atoms with van der Waals surface area (Å²) in [6, 6.07) is 19.4. The van der Waals surface area contributed by atoms with Gasteiger partial charge in [-0.25, -0.2) is 4.90 Å². The molecule has 3 aromatic carbocycles. The van der Waals surface area contributed by atoms with Crippen LogP contribution in [-0.2, 0) is 9.59 Å². The second-order valence-corrected chi connectivity index (χ2v) is 9.08. The van der Waals surface area contributed by atoms with Crippen molar-refractivity contribution in [3.8, 4) is 0 Å². The SMILES string of the molecule is Cc1cccc(NC2=C(Sc3ccc(Cl)cc3)C(=O)N(c3cccc(Cl)c3Cl)C2=O)c1. The Kier molecular flexibility index (Phi) is 6.30. The van der Waals surface area contributed by atoms with Crippen LogP contribution in [0.4, 0.5) is 11.4 Å². The first-order chi connectivity index (χ1) is 14.8. The lowest BCUT2D eigenvalue weighted by molar-refractivity contribution is -0.120. The minimum Gasteiger partial charge on any atom is -0.350 e. The molecule has 156 valence electrons. The number of amides is 2. The monoisotopic (exact) mass is 488 g/mol. The van der Waals surface area contributed by atoms with Crippen molar-refractivity contribution >= 4 is 69.8 Å². The molecule has 0 radical (unpaired) electrons. The summed E-state index contributed by atoms with van der Waals surface area (Å²) in [4.78, 5) is 28.8. The summed E-state index contributed by atoms with van der Waals surface area (Å²) in [6.45, 7) is 1.95. The van der Waals surface area contributed by atoms with E-state index in [0.717, 1.165) is 15.4 Å². The van der Waals surface area contributed by atoms with E-state index in [-0.39, 0.29) is 26.3 Å². The van der Waals surface area contributed by atoms with Gasteiger partial charge in [-0.3, -0.25) is 9.59 Å². The molecule has 2 amide bonds. The number of anilines is 2. The quantitative estimate of drug-likeness (QED) is 0.394. The number of aryl methyl sites for hydroxylation is 1. The van der Waals surface area contributed by atoms with Gasteiger partial charge in [0, 0.05) is 15.6 Å². The average molecular weight is 490 g/mol. The highest BCUT2D eigenvalue weighted by molar-refractivity contribution is 8.04. The van der Waals surface area contributed by atoms with Crippen LogP contribution in [0.3, 0.4) is 0 Å². The predicted octanol–water partition coefficient (Wildman–Crippen LogP) is 6.94. The molecule has 0 saturated heterocycles.